The monoisotopic (exact) mass is 389 g/mol. The summed E-state index contributed by atoms with van der Waals surface area (Å²) in [5.41, 5.74) is -0.616. The first kappa shape index (κ1) is 14.9. The van der Waals surface area contributed by atoms with Crippen LogP contribution in [0.2, 0.25) is 0 Å². The molecule has 0 aliphatic heterocycles. The fourth-order valence-corrected chi connectivity index (χ4v) is 2.57. The first-order chi connectivity index (χ1) is 9.45. The molecule has 2 rings (SSSR count). The first-order valence-electron chi connectivity index (χ1n) is 6.33. The molecule has 8 heteroatoms. The quantitative estimate of drug-likeness (QED) is 0.727. The van der Waals surface area contributed by atoms with E-state index in [1.54, 1.807) is 10.9 Å². The molecule has 0 N–H and O–H groups in total. The minimum absolute atomic E-state index is 0.124. The van der Waals surface area contributed by atoms with E-state index < -0.39 is 0 Å². The molecule has 2 aromatic heterocycles. The van der Waals surface area contributed by atoms with E-state index in [1.807, 2.05) is 43.4 Å². The average Bonchev–Trinajstić information content (AvgIpc) is 2.87. The summed E-state index contributed by atoms with van der Waals surface area (Å²) in [7, 11) is 0. The molecule has 108 valence electrons. The molecule has 0 spiro atoms. The van der Waals surface area contributed by atoms with Gasteiger partial charge in [-0.3, -0.25) is 13.9 Å². The van der Waals surface area contributed by atoms with Crippen LogP contribution in [0.4, 0.5) is 0 Å². The molecular formula is C12H16IN5O2. The lowest BCUT2D eigenvalue weighted by Crippen LogP contribution is -2.41. The van der Waals surface area contributed by atoms with Crippen molar-refractivity contribution in [3.63, 3.8) is 0 Å². The first-order valence-corrected chi connectivity index (χ1v) is 7.41. The van der Waals surface area contributed by atoms with E-state index in [0.29, 0.717) is 15.9 Å². The van der Waals surface area contributed by atoms with E-state index in [9.17, 15) is 9.59 Å². The van der Waals surface area contributed by atoms with Gasteiger partial charge >= 0.3 is 5.69 Å². The van der Waals surface area contributed by atoms with Gasteiger partial charge in [-0.05, 0) is 43.4 Å². The van der Waals surface area contributed by atoms with E-state index in [4.69, 9.17) is 0 Å². The Morgan fingerprint density at radius 2 is 2.05 bits per heavy atom. The van der Waals surface area contributed by atoms with Crippen LogP contribution < -0.4 is 11.2 Å². The highest BCUT2D eigenvalue weighted by Gasteiger charge is 2.14. The number of rotatable bonds is 4. The second-order valence-electron chi connectivity index (χ2n) is 4.65. The smallest absolute Gasteiger partial charge is 0.300 e. The lowest BCUT2D eigenvalue weighted by molar-refractivity contribution is 0.483. The SMILES string of the molecule is CCn1cc(I)c(=O)n(Cc2ncnn2C(C)C)c1=O. The maximum Gasteiger partial charge on any atom is 0.331 e. The largest absolute Gasteiger partial charge is 0.331 e. The van der Waals surface area contributed by atoms with Crippen LogP contribution in [0.3, 0.4) is 0 Å². The van der Waals surface area contributed by atoms with Gasteiger partial charge in [0, 0.05) is 18.8 Å². The summed E-state index contributed by atoms with van der Waals surface area (Å²) in [6.45, 7) is 6.46. The van der Waals surface area contributed by atoms with Crippen LogP contribution >= 0.6 is 22.6 Å². The fraction of sp³-hybridized carbons (Fsp3) is 0.500. The Balaban J connectivity index is 2.54. The van der Waals surface area contributed by atoms with Crippen molar-refractivity contribution in [1.29, 1.82) is 0 Å². The highest BCUT2D eigenvalue weighted by Crippen LogP contribution is 2.05. The van der Waals surface area contributed by atoms with Gasteiger partial charge in [0.05, 0.1) is 10.1 Å². The predicted molar refractivity (Wildman–Crippen MR) is 82.9 cm³/mol. The van der Waals surface area contributed by atoms with E-state index in [0.717, 1.165) is 0 Å². The zero-order chi connectivity index (χ0) is 14.9. The Hall–Kier alpha value is -1.45. The minimum atomic E-state index is -0.323. The van der Waals surface area contributed by atoms with Crippen molar-refractivity contribution in [2.75, 3.05) is 0 Å². The van der Waals surface area contributed by atoms with Gasteiger partial charge in [-0.25, -0.2) is 14.5 Å². The van der Waals surface area contributed by atoms with Gasteiger partial charge in [0.25, 0.3) is 5.56 Å². The molecule has 2 heterocycles. The maximum atomic E-state index is 12.2. The summed E-state index contributed by atoms with van der Waals surface area (Å²) in [4.78, 5) is 28.5. The normalized spacial score (nSPS) is 11.2. The third-order valence-corrected chi connectivity index (χ3v) is 3.71. The molecule has 0 aliphatic carbocycles. The van der Waals surface area contributed by atoms with Crippen molar-refractivity contribution in [1.82, 2.24) is 23.9 Å². The fourth-order valence-electron chi connectivity index (χ4n) is 1.94. The Morgan fingerprint density at radius 1 is 1.35 bits per heavy atom. The second kappa shape index (κ2) is 5.90. The molecule has 0 saturated carbocycles. The molecule has 0 aliphatic rings. The van der Waals surface area contributed by atoms with Crippen molar-refractivity contribution in [2.45, 2.75) is 39.9 Å². The summed E-state index contributed by atoms with van der Waals surface area (Å²) in [6, 6.07) is 0.124. The molecule has 0 saturated heterocycles. The van der Waals surface area contributed by atoms with Crippen LogP contribution in [0.5, 0.6) is 0 Å². The summed E-state index contributed by atoms with van der Waals surface area (Å²) in [6.07, 6.45) is 3.02. The molecule has 0 amide bonds. The van der Waals surface area contributed by atoms with Crippen LogP contribution in [-0.4, -0.2) is 23.9 Å². The summed E-state index contributed by atoms with van der Waals surface area (Å²) >= 11 is 1.94. The molecule has 0 unspecified atom stereocenters. The highest BCUT2D eigenvalue weighted by molar-refractivity contribution is 14.1. The molecular weight excluding hydrogens is 373 g/mol. The number of halogens is 1. The Kier molecular flexibility index (Phi) is 4.41. The number of aryl methyl sites for hydroxylation is 1. The third kappa shape index (κ3) is 2.69. The Morgan fingerprint density at radius 3 is 2.65 bits per heavy atom. The lowest BCUT2D eigenvalue weighted by Gasteiger charge is -2.12. The van der Waals surface area contributed by atoms with Gasteiger partial charge in [-0.2, -0.15) is 5.10 Å². The minimum Gasteiger partial charge on any atom is -0.300 e. The van der Waals surface area contributed by atoms with Crippen molar-refractivity contribution < 1.29 is 0 Å². The van der Waals surface area contributed by atoms with Crippen LogP contribution in [0.25, 0.3) is 0 Å². The number of nitrogens with zero attached hydrogens (tertiary/aromatic N) is 5. The molecule has 0 bridgehead atoms. The van der Waals surface area contributed by atoms with Crippen molar-refractivity contribution in [2.24, 2.45) is 0 Å². The van der Waals surface area contributed by atoms with Crippen molar-refractivity contribution in [3.8, 4) is 0 Å². The van der Waals surface area contributed by atoms with Crippen LogP contribution in [0, 0.1) is 3.57 Å². The number of hydrogen-bond acceptors (Lipinski definition) is 4. The van der Waals surface area contributed by atoms with Crippen molar-refractivity contribution >= 4 is 22.6 Å². The van der Waals surface area contributed by atoms with E-state index >= 15 is 0 Å². The summed E-state index contributed by atoms with van der Waals surface area (Å²) < 4.78 is 4.94. The summed E-state index contributed by atoms with van der Waals surface area (Å²) in [5.74, 6) is 0.601. The predicted octanol–water partition coefficient (Wildman–Crippen LogP) is 0.855. The van der Waals surface area contributed by atoms with Gasteiger partial charge in [0.1, 0.15) is 12.2 Å². The molecule has 2 aromatic rings. The van der Waals surface area contributed by atoms with E-state index in [1.165, 1.54) is 15.5 Å². The van der Waals surface area contributed by atoms with Crippen molar-refractivity contribution in [3.05, 3.63) is 42.8 Å². The number of hydrogen-bond donors (Lipinski definition) is 0. The lowest BCUT2D eigenvalue weighted by atomic mass is 10.4. The van der Waals surface area contributed by atoms with Gasteiger partial charge in [0.15, 0.2) is 0 Å². The van der Waals surface area contributed by atoms with Gasteiger partial charge in [0.2, 0.25) is 0 Å². The highest BCUT2D eigenvalue weighted by atomic mass is 127. The topological polar surface area (TPSA) is 74.7 Å². The van der Waals surface area contributed by atoms with Gasteiger partial charge in [-0.1, -0.05) is 0 Å². The third-order valence-electron chi connectivity index (χ3n) is 2.97. The Bertz CT molecular complexity index is 728. The van der Waals surface area contributed by atoms with Crippen LogP contribution in [0.1, 0.15) is 32.6 Å². The molecule has 0 atom stereocenters. The second-order valence-corrected chi connectivity index (χ2v) is 5.81. The average molecular weight is 389 g/mol. The molecule has 7 nitrogen and oxygen atoms in total. The molecule has 0 aromatic carbocycles. The van der Waals surface area contributed by atoms with Gasteiger partial charge in [-0.15, -0.1) is 0 Å². The zero-order valence-electron chi connectivity index (χ0n) is 11.6. The van der Waals surface area contributed by atoms with Gasteiger partial charge < -0.3 is 0 Å². The molecule has 0 radical (unpaired) electrons. The number of aromatic nitrogens is 5. The van der Waals surface area contributed by atoms with Crippen LogP contribution in [-0.2, 0) is 13.1 Å². The standard InChI is InChI=1S/C12H16IN5O2/c1-4-16-5-9(13)11(19)17(12(16)20)6-10-14-7-15-18(10)8(2)3/h5,7-8H,4,6H2,1-3H3. The molecule has 0 fully saturated rings. The zero-order valence-corrected chi connectivity index (χ0v) is 13.7. The summed E-state index contributed by atoms with van der Waals surface area (Å²) in [5, 5.41) is 4.12. The maximum absolute atomic E-state index is 12.2. The van der Waals surface area contributed by atoms with E-state index in [2.05, 4.69) is 10.1 Å². The molecule has 20 heavy (non-hydrogen) atoms. The van der Waals surface area contributed by atoms with E-state index in [-0.39, 0.29) is 23.8 Å². The Labute approximate surface area is 129 Å². The van der Waals surface area contributed by atoms with Crippen LogP contribution in [0.15, 0.2) is 22.1 Å².